The van der Waals surface area contributed by atoms with E-state index in [-0.39, 0.29) is 17.7 Å². The summed E-state index contributed by atoms with van der Waals surface area (Å²) in [7, 11) is -0.272. The fourth-order valence-electron chi connectivity index (χ4n) is 2.03. The maximum absolute atomic E-state index is 11.6. The summed E-state index contributed by atoms with van der Waals surface area (Å²) < 4.78 is 29.5. The Morgan fingerprint density at radius 2 is 1.91 bits per heavy atom. The van der Waals surface area contributed by atoms with Crippen molar-refractivity contribution in [2.75, 3.05) is 11.4 Å². The number of benzene rings is 2. The monoisotopic (exact) mass is 320 g/mol. The molecule has 0 bridgehead atoms. The summed E-state index contributed by atoms with van der Waals surface area (Å²) in [6, 6.07) is 13.4. The number of nitrogens with zero attached hydrogens (tertiary/aromatic N) is 1. The lowest BCUT2D eigenvalue weighted by molar-refractivity contribution is 0.414. The van der Waals surface area contributed by atoms with Gasteiger partial charge in [0.05, 0.1) is 19.3 Å². The van der Waals surface area contributed by atoms with Crippen molar-refractivity contribution in [3.63, 3.8) is 0 Å². The Kier molecular flexibility index (Phi) is 5.56. The topological polar surface area (TPSA) is 93.1 Å². The Labute approximate surface area is 131 Å². The van der Waals surface area contributed by atoms with Gasteiger partial charge in [-0.2, -0.15) is 0 Å². The minimum atomic E-state index is -2.55. The molecule has 0 aliphatic rings. The van der Waals surface area contributed by atoms with Gasteiger partial charge in [-0.15, -0.1) is 0 Å². The van der Waals surface area contributed by atoms with E-state index in [1.807, 2.05) is 18.2 Å². The molecule has 0 saturated carbocycles. The molecule has 0 aliphatic carbocycles. The van der Waals surface area contributed by atoms with Crippen molar-refractivity contribution in [2.45, 2.75) is 6.54 Å². The second-order valence-corrected chi connectivity index (χ2v) is 5.42. The zero-order valence-corrected chi connectivity index (χ0v) is 12.7. The predicted octanol–water partition coefficient (Wildman–Crippen LogP) is 0.176. The van der Waals surface area contributed by atoms with Crippen LogP contribution in [0, 0.1) is 0 Å². The lowest BCUT2D eigenvalue weighted by Crippen LogP contribution is -2.32. The third-order valence-corrected chi connectivity index (χ3v) is 3.80. The molecule has 0 aliphatic heterocycles. The Balaban J connectivity index is 2.43. The highest BCUT2D eigenvalue weighted by Gasteiger charge is 2.18. The maximum Gasteiger partial charge on any atom is 0.488 e. The van der Waals surface area contributed by atoms with Crippen LogP contribution in [0.4, 0.5) is 5.69 Å². The molecule has 116 valence electrons. The molecule has 2 rings (SSSR count). The van der Waals surface area contributed by atoms with Crippen LogP contribution in [0.2, 0.25) is 0 Å². The van der Waals surface area contributed by atoms with Gasteiger partial charge in [-0.05, 0) is 23.2 Å². The lowest BCUT2D eigenvalue weighted by atomic mass is 9.80. The number of methoxy groups -OCH3 is 1. The van der Waals surface area contributed by atoms with Crippen LogP contribution in [0.1, 0.15) is 5.56 Å². The summed E-state index contributed by atoms with van der Waals surface area (Å²) in [5.41, 5.74) is 1.22. The molecule has 6 nitrogen and oxygen atoms in total. The van der Waals surface area contributed by atoms with Gasteiger partial charge in [-0.25, -0.2) is 0 Å². The molecule has 0 fully saturated rings. The molecule has 0 saturated heterocycles. The van der Waals surface area contributed by atoms with Gasteiger partial charge in [0.1, 0.15) is 5.75 Å². The highest BCUT2D eigenvalue weighted by atomic mass is 32.2. The van der Waals surface area contributed by atoms with Crippen LogP contribution in [0.15, 0.2) is 48.5 Å². The van der Waals surface area contributed by atoms with E-state index in [0.29, 0.717) is 5.75 Å². The van der Waals surface area contributed by atoms with Crippen molar-refractivity contribution in [2.24, 2.45) is 0 Å². The van der Waals surface area contributed by atoms with E-state index < -0.39 is 18.4 Å². The normalized spacial score (nSPS) is 11.8. The van der Waals surface area contributed by atoms with Crippen LogP contribution in [-0.2, 0) is 17.8 Å². The van der Waals surface area contributed by atoms with Gasteiger partial charge in [0.25, 0.3) is 0 Å². The number of ether oxygens (including phenoxy) is 1. The van der Waals surface area contributed by atoms with Crippen LogP contribution in [0.5, 0.6) is 5.75 Å². The Hall–Kier alpha value is -1.87. The summed E-state index contributed by atoms with van der Waals surface area (Å²) in [6.45, 7) is 0.109. The van der Waals surface area contributed by atoms with Gasteiger partial charge in [0, 0.05) is 11.3 Å². The van der Waals surface area contributed by atoms with Crippen molar-refractivity contribution in [3.8, 4) is 5.75 Å². The van der Waals surface area contributed by atoms with E-state index in [1.165, 1.54) is 25.3 Å². The average molecular weight is 320 g/mol. The summed E-state index contributed by atoms with van der Waals surface area (Å²) in [6.07, 6.45) is 0. The molecule has 2 N–H and O–H groups in total. The molecular weight excluding hydrogens is 305 g/mol. The van der Waals surface area contributed by atoms with E-state index in [9.17, 15) is 18.8 Å². The number of hydrogen-bond acceptors (Lipinski definition) is 5. The highest BCUT2D eigenvalue weighted by Crippen LogP contribution is 2.29. The first-order chi connectivity index (χ1) is 10.5. The van der Waals surface area contributed by atoms with Crippen LogP contribution in [0.25, 0.3) is 0 Å². The first-order valence-electron chi connectivity index (χ1n) is 6.48. The third kappa shape index (κ3) is 3.86. The first kappa shape index (κ1) is 16.5. The van der Waals surface area contributed by atoms with Crippen molar-refractivity contribution in [3.05, 3.63) is 54.1 Å². The van der Waals surface area contributed by atoms with E-state index in [1.54, 1.807) is 12.1 Å². The first-order valence-corrected chi connectivity index (χ1v) is 7.51. The largest absolute Gasteiger partial charge is 0.755 e. The molecular formula is C14H15BNO5S-. The zero-order valence-electron chi connectivity index (χ0n) is 11.9. The zero-order chi connectivity index (χ0) is 16.1. The van der Waals surface area contributed by atoms with E-state index in [2.05, 4.69) is 0 Å². The molecule has 2 aromatic carbocycles. The molecule has 0 heterocycles. The quantitative estimate of drug-likeness (QED) is 0.585. The smallest absolute Gasteiger partial charge is 0.488 e. The Bertz CT molecular complexity index is 653. The average Bonchev–Trinajstić information content (AvgIpc) is 2.52. The summed E-state index contributed by atoms with van der Waals surface area (Å²) in [4.78, 5) is 0. The van der Waals surface area contributed by atoms with Gasteiger partial charge in [-0.1, -0.05) is 36.4 Å². The standard InChI is InChI=1S/C14H16BNO5S/c1-21-14-8-7-12(15(17)18)9-13(14)16(22(19)20)10-11-5-3-2-4-6-11/h2-9,17-18H,10H2,1H3,(H,19,20)/p-1. The van der Waals surface area contributed by atoms with Gasteiger partial charge >= 0.3 is 7.12 Å². The van der Waals surface area contributed by atoms with Crippen molar-refractivity contribution in [1.82, 2.24) is 0 Å². The summed E-state index contributed by atoms with van der Waals surface area (Å²) >= 11 is -2.55. The molecule has 1 atom stereocenters. The van der Waals surface area contributed by atoms with Crippen LogP contribution in [0.3, 0.4) is 0 Å². The van der Waals surface area contributed by atoms with E-state index >= 15 is 0 Å². The number of anilines is 1. The van der Waals surface area contributed by atoms with Gasteiger partial charge in [-0.3, -0.25) is 8.51 Å². The lowest BCUT2D eigenvalue weighted by Gasteiger charge is -2.28. The fraction of sp³-hybridized carbons (Fsp3) is 0.143. The van der Waals surface area contributed by atoms with Crippen molar-refractivity contribution >= 4 is 29.5 Å². The van der Waals surface area contributed by atoms with Gasteiger partial charge in [0.2, 0.25) is 0 Å². The molecule has 1 unspecified atom stereocenters. The Morgan fingerprint density at radius 1 is 1.23 bits per heavy atom. The molecule has 0 aromatic heterocycles. The van der Waals surface area contributed by atoms with Crippen LogP contribution < -0.4 is 14.5 Å². The fourth-order valence-corrected chi connectivity index (χ4v) is 2.59. The molecule has 0 spiro atoms. The summed E-state index contributed by atoms with van der Waals surface area (Å²) in [5, 5.41) is 18.5. The molecule has 2 aromatic rings. The highest BCUT2D eigenvalue weighted by molar-refractivity contribution is 7.80. The molecule has 8 heteroatoms. The molecule has 0 radical (unpaired) electrons. The summed E-state index contributed by atoms with van der Waals surface area (Å²) in [5.74, 6) is 0.324. The van der Waals surface area contributed by atoms with Crippen LogP contribution >= 0.6 is 0 Å². The minimum absolute atomic E-state index is 0.109. The third-order valence-electron chi connectivity index (χ3n) is 3.12. The molecule has 0 amide bonds. The second kappa shape index (κ2) is 7.41. The van der Waals surface area contributed by atoms with E-state index in [0.717, 1.165) is 9.87 Å². The van der Waals surface area contributed by atoms with Crippen molar-refractivity contribution < 1.29 is 23.5 Å². The van der Waals surface area contributed by atoms with E-state index in [4.69, 9.17) is 4.74 Å². The number of hydrogen-bond donors (Lipinski definition) is 2. The van der Waals surface area contributed by atoms with Crippen molar-refractivity contribution in [1.29, 1.82) is 0 Å². The van der Waals surface area contributed by atoms with Gasteiger partial charge < -0.3 is 19.3 Å². The van der Waals surface area contributed by atoms with Crippen LogP contribution in [-0.4, -0.2) is 33.0 Å². The molecule has 22 heavy (non-hydrogen) atoms. The van der Waals surface area contributed by atoms with Gasteiger partial charge in [0.15, 0.2) is 0 Å². The SMILES string of the molecule is COc1ccc(B(O)O)cc1N(Cc1ccccc1)S(=O)[O-]. The Morgan fingerprint density at radius 3 is 2.45 bits per heavy atom. The minimum Gasteiger partial charge on any atom is -0.755 e. The maximum atomic E-state index is 11.6. The predicted molar refractivity (Wildman–Crippen MR) is 84.4 cm³/mol. The number of rotatable bonds is 6. The second-order valence-electron chi connectivity index (χ2n) is 4.54.